The molecule has 0 saturated heterocycles. The van der Waals surface area contributed by atoms with E-state index in [1.165, 1.54) is 11.1 Å². The molecule has 0 fully saturated rings. The van der Waals surface area contributed by atoms with Gasteiger partial charge in [0, 0.05) is 20.0 Å². The number of carboxylic acids is 1. The Kier molecular flexibility index (Phi) is 5.36. The van der Waals surface area contributed by atoms with Crippen LogP contribution in [0.5, 0.6) is 0 Å². The van der Waals surface area contributed by atoms with E-state index in [0.29, 0.717) is 6.54 Å². The SMILES string of the molecule is Cc1cccc(CCN(C)C(=O)CCC(=O)O)c1. The van der Waals surface area contributed by atoms with Gasteiger partial charge in [0.2, 0.25) is 5.91 Å². The zero-order valence-corrected chi connectivity index (χ0v) is 10.8. The number of hydrogen-bond donors (Lipinski definition) is 1. The molecule has 98 valence electrons. The molecule has 1 amide bonds. The topological polar surface area (TPSA) is 57.6 Å². The molecule has 0 heterocycles. The van der Waals surface area contributed by atoms with Gasteiger partial charge in [0.15, 0.2) is 0 Å². The molecule has 1 rings (SSSR count). The lowest BCUT2D eigenvalue weighted by molar-refractivity contribution is -0.140. The zero-order valence-electron chi connectivity index (χ0n) is 10.8. The van der Waals surface area contributed by atoms with Crippen LogP contribution in [0, 0.1) is 6.92 Å². The number of amides is 1. The highest BCUT2D eigenvalue weighted by atomic mass is 16.4. The van der Waals surface area contributed by atoms with E-state index >= 15 is 0 Å². The summed E-state index contributed by atoms with van der Waals surface area (Å²) in [5, 5.41) is 8.51. The molecule has 1 aromatic carbocycles. The van der Waals surface area contributed by atoms with Crippen LogP contribution >= 0.6 is 0 Å². The summed E-state index contributed by atoms with van der Waals surface area (Å²) in [4.78, 5) is 23.6. The van der Waals surface area contributed by atoms with Crippen LogP contribution in [0.1, 0.15) is 24.0 Å². The lowest BCUT2D eigenvalue weighted by atomic mass is 10.1. The van der Waals surface area contributed by atoms with Gasteiger partial charge in [0.25, 0.3) is 0 Å². The van der Waals surface area contributed by atoms with E-state index in [1.54, 1.807) is 11.9 Å². The molecule has 1 aromatic rings. The fraction of sp³-hybridized carbons (Fsp3) is 0.429. The van der Waals surface area contributed by atoms with E-state index in [-0.39, 0.29) is 18.7 Å². The van der Waals surface area contributed by atoms with Crippen LogP contribution in [-0.4, -0.2) is 35.5 Å². The van der Waals surface area contributed by atoms with Gasteiger partial charge in [-0.25, -0.2) is 0 Å². The molecule has 1 N–H and O–H groups in total. The number of carbonyl (C=O) groups is 2. The zero-order chi connectivity index (χ0) is 13.5. The van der Waals surface area contributed by atoms with Crippen LogP contribution in [0.4, 0.5) is 0 Å². The highest BCUT2D eigenvalue weighted by molar-refractivity contribution is 5.80. The molecule has 0 bridgehead atoms. The molecular formula is C14H19NO3. The van der Waals surface area contributed by atoms with Gasteiger partial charge in [-0.05, 0) is 18.9 Å². The number of hydrogen-bond acceptors (Lipinski definition) is 2. The molecule has 0 aliphatic carbocycles. The smallest absolute Gasteiger partial charge is 0.303 e. The summed E-state index contributed by atoms with van der Waals surface area (Å²) in [5.41, 5.74) is 2.39. The van der Waals surface area contributed by atoms with Crippen LogP contribution in [0.25, 0.3) is 0 Å². The van der Waals surface area contributed by atoms with E-state index in [4.69, 9.17) is 5.11 Å². The molecule has 0 unspecified atom stereocenters. The summed E-state index contributed by atoms with van der Waals surface area (Å²) in [7, 11) is 1.71. The lowest BCUT2D eigenvalue weighted by Crippen LogP contribution is -2.29. The second kappa shape index (κ2) is 6.79. The van der Waals surface area contributed by atoms with Crippen molar-refractivity contribution >= 4 is 11.9 Å². The third-order valence-corrected chi connectivity index (χ3v) is 2.80. The maximum Gasteiger partial charge on any atom is 0.303 e. The number of aryl methyl sites for hydroxylation is 1. The molecule has 0 spiro atoms. The normalized spacial score (nSPS) is 10.1. The molecule has 0 aliphatic heterocycles. The Balaban J connectivity index is 2.38. The maximum atomic E-state index is 11.6. The maximum absolute atomic E-state index is 11.6. The number of rotatable bonds is 6. The van der Waals surface area contributed by atoms with Crippen LogP contribution in [0.3, 0.4) is 0 Å². The first-order valence-corrected chi connectivity index (χ1v) is 6.00. The molecule has 0 aliphatic rings. The Morgan fingerprint density at radius 1 is 1.28 bits per heavy atom. The van der Waals surface area contributed by atoms with Gasteiger partial charge < -0.3 is 10.0 Å². The highest BCUT2D eigenvalue weighted by Crippen LogP contribution is 2.06. The Bertz CT molecular complexity index is 429. The van der Waals surface area contributed by atoms with E-state index in [1.807, 2.05) is 25.1 Å². The quantitative estimate of drug-likeness (QED) is 0.837. The second-order valence-corrected chi connectivity index (χ2v) is 4.45. The number of carbonyl (C=O) groups excluding carboxylic acids is 1. The number of benzene rings is 1. The molecule has 0 radical (unpaired) electrons. The van der Waals surface area contributed by atoms with Crippen LogP contribution in [-0.2, 0) is 16.0 Å². The predicted molar refractivity (Wildman–Crippen MR) is 69.4 cm³/mol. The minimum Gasteiger partial charge on any atom is -0.481 e. The Morgan fingerprint density at radius 2 is 2.00 bits per heavy atom. The van der Waals surface area contributed by atoms with Crippen molar-refractivity contribution in [2.24, 2.45) is 0 Å². The van der Waals surface area contributed by atoms with Crippen molar-refractivity contribution in [3.05, 3.63) is 35.4 Å². The van der Waals surface area contributed by atoms with Crippen molar-refractivity contribution in [2.45, 2.75) is 26.2 Å². The predicted octanol–water partition coefficient (Wildman–Crippen LogP) is 1.86. The number of aliphatic carboxylic acids is 1. The molecule has 0 saturated carbocycles. The van der Waals surface area contributed by atoms with Gasteiger partial charge in [0.05, 0.1) is 6.42 Å². The van der Waals surface area contributed by atoms with Crippen molar-refractivity contribution in [1.29, 1.82) is 0 Å². The van der Waals surface area contributed by atoms with Gasteiger partial charge >= 0.3 is 5.97 Å². The first-order chi connectivity index (χ1) is 8.49. The molecular weight excluding hydrogens is 230 g/mol. The van der Waals surface area contributed by atoms with Gasteiger partial charge in [-0.2, -0.15) is 0 Å². The summed E-state index contributed by atoms with van der Waals surface area (Å²) in [6, 6.07) is 8.15. The minimum atomic E-state index is -0.935. The van der Waals surface area contributed by atoms with Crippen LogP contribution in [0.2, 0.25) is 0 Å². The van der Waals surface area contributed by atoms with E-state index in [2.05, 4.69) is 6.07 Å². The highest BCUT2D eigenvalue weighted by Gasteiger charge is 2.10. The summed E-state index contributed by atoms with van der Waals surface area (Å²) in [5.74, 6) is -1.06. The Labute approximate surface area is 107 Å². The summed E-state index contributed by atoms with van der Waals surface area (Å²) in [6.45, 7) is 2.65. The largest absolute Gasteiger partial charge is 0.481 e. The molecule has 18 heavy (non-hydrogen) atoms. The molecule has 0 atom stereocenters. The minimum absolute atomic E-state index is 0.0691. The lowest BCUT2D eigenvalue weighted by Gasteiger charge is -2.16. The van der Waals surface area contributed by atoms with E-state index < -0.39 is 5.97 Å². The Hall–Kier alpha value is -1.84. The third kappa shape index (κ3) is 4.99. The van der Waals surface area contributed by atoms with Crippen molar-refractivity contribution in [1.82, 2.24) is 4.90 Å². The number of likely N-dealkylation sites (N-methyl/N-ethyl adjacent to an activating group) is 1. The van der Waals surface area contributed by atoms with Crippen molar-refractivity contribution < 1.29 is 14.7 Å². The second-order valence-electron chi connectivity index (χ2n) is 4.45. The first-order valence-electron chi connectivity index (χ1n) is 6.00. The van der Waals surface area contributed by atoms with E-state index in [9.17, 15) is 9.59 Å². The fourth-order valence-electron chi connectivity index (χ4n) is 1.69. The van der Waals surface area contributed by atoms with Crippen LogP contribution in [0.15, 0.2) is 24.3 Å². The van der Waals surface area contributed by atoms with Crippen molar-refractivity contribution in [2.75, 3.05) is 13.6 Å². The average molecular weight is 249 g/mol. The Morgan fingerprint density at radius 3 is 2.61 bits per heavy atom. The summed E-state index contributed by atoms with van der Waals surface area (Å²) in [6.07, 6.45) is 0.754. The molecule has 4 heteroatoms. The van der Waals surface area contributed by atoms with Gasteiger partial charge in [-0.1, -0.05) is 29.8 Å². The number of carboxylic acid groups (broad SMARTS) is 1. The number of nitrogens with zero attached hydrogens (tertiary/aromatic N) is 1. The monoisotopic (exact) mass is 249 g/mol. The van der Waals surface area contributed by atoms with E-state index in [0.717, 1.165) is 6.42 Å². The standard InChI is InChI=1S/C14H19NO3/c1-11-4-3-5-12(10-11)8-9-15(2)13(16)6-7-14(17)18/h3-5,10H,6-9H2,1-2H3,(H,17,18). The summed E-state index contributed by atoms with van der Waals surface area (Å²) >= 11 is 0. The summed E-state index contributed by atoms with van der Waals surface area (Å²) < 4.78 is 0. The van der Waals surface area contributed by atoms with Crippen LogP contribution < -0.4 is 0 Å². The molecule has 4 nitrogen and oxygen atoms in total. The van der Waals surface area contributed by atoms with Gasteiger partial charge in [-0.3, -0.25) is 9.59 Å². The van der Waals surface area contributed by atoms with Gasteiger partial charge in [-0.15, -0.1) is 0 Å². The van der Waals surface area contributed by atoms with Crippen molar-refractivity contribution in [3.8, 4) is 0 Å². The van der Waals surface area contributed by atoms with Gasteiger partial charge in [0.1, 0.15) is 0 Å². The van der Waals surface area contributed by atoms with Crippen molar-refractivity contribution in [3.63, 3.8) is 0 Å². The first kappa shape index (κ1) is 14.2. The third-order valence-electron chi connectivity index (χ3n) is 2.80. The average Bonchev–Trinajstić information content (AvgIpc) is 2.33. The fourth-order valence-corrected chi connectivity index (χ4v) is 1.69. The molecule has 0 aromatic heterocycles.